The number of halogens is 2. The summed E-state index contributed by atoms with van der Waals surface area (Å²) in [4.78, 5) is 0. The smallest absolute Gasteiger partial charge is 0.0450 e. The number of alkyl halides is 1. The fraction of sp³-hybridized carbons (Fsp3) is 0.538. The summed E-state index contributed by atoms with van der Waals surface area (Å²) in [7, 11) is 0. The predicted molar refractivity (Wildman–Crippen MR) is 72.3 cm³/mol. The van der Waals surface area contributed by atoms with Gasteiger partial charge >= 0.3 is 0 Å². The van der Waals surface area contributed by atoms with E-state index in [0.717, 1.165) is 36.0 Å². The minimum absolute atomic E-state index is 0.667. The Morgan fingerprint density at radius 2 is 2.06 bits per heavy atom. The maximum absolute atomic E-state index is 6.07. The number of benzene rings is 1. The van der Waals surface area contributed by atoms with Crippen LogP contribution in [0.25, 0.3) is 0 Å². The number of nitrogens with one attached hydrogen (secondary N) is 1. The van der Waals surface area contributed by atoms with Gasteiger partial charge in [-0.25, -0.2) is 0 Å². The second-order valence-corrected chi connectivity index (χ2v) is 4.76. The molecule has 0 fully saturated rings. The van der Waals surface area contributed by atoms with Crippen LogP contribution in [-0.2, 0) is 6.54 Å². The van der Waals surface area contributed by atoms with E-state index in [0.29, 0.717) is 5.92 Å². The lowest BCUT2D eigenvalue weighted by molar-refractivity contribution is 0.451. The monoisotopic (exact) mass is 259 g/mol. The van der Waals surface area contributed by atoms with Crippen LogP contribution in [0.3, 0.4) is 0 Å². The average Bonchev–Trinajstić information content (AvgIpc) is 2.30. The van der Waals surface area contributed by atoms with Crippen molar-refractivity contribution in [3.63, 3.8) is 0 Å². The normalized spacial score (nSPS) is 12.7. The second kappa shape index (κ2) is 7.94. The van der Waals surface area contributed by atoms with Crippen LogP contribution in [-0.4, -0.2) is 12.4 Å². The van der Waals surface area contributed by atoms with Crippen molar-refractivity contribution in [1.82, 2.24) is 5.32 Å². The molecule has 0 heterocycles. The Morgan fingerprint density at radius 3 is 2.69 bits per heavy atom. The van der Waals surface area contributed by atoms with Gasteiger partial charge in [-0.15, -0.1) is 11.6 Å². The summed E-state index contributed by atoms with van der Waals surface area (Å²) in [6.45, 7) is 4.04. The van der Waals surface area contributed by atoms with Crippen molar-refractivity contribution in [2.75, 3.05) is 12.4 Å². The summed E-state index contributed by atoms with van der Waals surface area (Å²) in [6, 6.07) is 7.94. The van der Waals surface area contributed by atoms with E-state index < -0.39 is 0 Å². The highest BCUT2D eigenvalue weighted by atomic mass is 35.5. The lowest BCUT2D eigenvalue weighted by Gasteiger charge is -2.14. The fourth-order valence-corrected chi connectivity index (χ4v) is 2.17. The van der Waals surface area contributed by atoms with Gasteiger partial charge in [-0.2, -0.15) is 0 Å². The summed E-state index contributed by atoms with van der Waals surface area (Å²) in [5, 5.41) is 4.27. The SMILES string of the molecule is CCC(CCCl)CNCc1ccccc1Cl. The molecular formula is C13H19Cl2N. The van der Waals surface area contributed by atoms with Gasteiger partial charge in [0, 0.05) is 17.4 Å². The van der Waals surface area contributed by atoms with E-state index >= 15 is 0 Å². The molecule has 0 bridgehead atoms. The molecule has 0 aliphatic carbocycles. The van der Waals surface area contributed by atoms with Crippen LogP contribution in [0.15, 0.2) is 24.3 Å². The van der Waals surface area contributed by atoms with Crippen molar-refractivity contribution in [2.24, 2.45) is 5.92 Å². The molecule has 1 unspecified atom stereocenters. The van der Waals surface area contributed by atoms with E-state index in [4.69, 9.17) is 23.2 Å². The minimum Gasteiger partial charge on any atom is -0.312 e. The van der Waals surface area contributed by atoms with Crippen molar-refractivity contribution < 1.29 is 0 Å². The summed E-state index contributed by atoms with van der Waals surface area (Å²) >= 11 is 11.8. The van der Waals surface area contributed by atoms with E-state index in [1.807, 2.05) is 18.2 Å². The molecule has 1 atom stereocenters. The largest absolute Gasteiger partial charge is 0.312 e. The van der Waals surface area contributed by atoms with Crippen LogP contribution in [0.1, 0.15) is 25.3 Å². The zero-order valence-corrected chi connectivity index (χ0v) is 11.2. The highest BCUT2D eigenvalue weighted by Gasteiger charge is 2.05. The van der Waals surface area contributed by atoms with Gasteiger partial charge in [0.2, 0.25) is 0 Å². The molecule has 1 aromatic carbocycles. The molecule has 1 rings (SSSR count). The lowest BCUT2D eigenvalue weighted by atomic mass is 10.0. The first-order valence-corrected chi connectivity index (χ1v) is 6.69. The van der Waals surface area contributed by atoms with Gasteiger partial charge in [0.1, 0.15) is 0 Å². The Morgan fingerprint density at radius 1 is 1.31 bits per heavy atom. The van der Waals surface area contributed by atoms with Crippen LogP contribution in [0.2, 0.25) is 5.02 Å². The van der Waals surface area contributed by atoms with Crippen LogP contribution in [0.4, 0.5) is 0 Å². The molecular weight excluding hydrogens is 241 g/mol. The third-order valence-corrected chi connectivity index (χ3v) is 3.39. The Balaban J connectivity index is 2.32. The van der Waals surface area contributed by atoms with Gasteiger partial charge in [-0.1, -0.05) is 43.1 Å². The predicted octanol–water partition coefficient (Wildman–Crippen LogP) is 4.08. The van der Waals surface area contributed by atoms with E-state index in [2.05, 4.69) is 18.3 Å². The first-order valence-electron chi connectivity index (χ1n) is 5.78. The van der Waals surface area contributed by atoms with Gasteiger partial charge < -0.3 is 5.32 Å². The molecule has 90 valence electrons. The van der Waals surface area contributed by atoms with Gasteiger partial charge in [-0.05, 0) is 30.5 Å². The van der Waals surface area contributed by atoms with Crippen molar-refractivity contribution in [1.29, 1.82) is 0 Å². The minimum atomic E-state index is 0.667. The number of hydrogen-bond acceptors (Lipinski definition) is 1. The third kappa shape index (κ3) is 4.73. The van der Waals surface area contributed by atoms with E-state index in [-0.39, 0.29) is 0 Å². The van der Waals surface area contributed by atoms with Crippen molar-refractivity contribution in [3.05, 3.63) is 34.9 Å². The zero-order chi connectivity index (χ0) is 11.8. The summed E-state index contributed by atoms with van der Waals surface area (Å²) < 4.78 is 0. The number of rotatable bonds is 7. The summed E-state index contributed by atoms with van der Waals surface area (Å²) in [5.41, 5.74) is 1.16. The highest BCUT2D eigenvalue weighted by Crippen LogP contribution is 2.15. The van der Waals surface area contributed by atoms with Crippen molar-refractivity contribution in [3.8, 4) is 0 Å². The molecule has 1 aromatic rings. The van der Waals surface area contributed by atoms with Crippen molar-refractivity contribution >= 4 is 23.2 Å². The molecule has 0 spiro atoms. The molecule has 0 saturated carbocycles. The molecule has 16 heavy (non-hydrogen) atoms. The van der Waals surface area contributed by atoms with Crippen molar-refractivity contribution in [2.45, 2.75) is 26.3 Å². The lowest BCUT2D eigenvalue weighted by Crippen LogP contribution is -2.22. The third-order valence-electron chi connectivity index (χ3n) is 2.80. The standard InChI is InChI=1S/C13H19Cl2N/c1-2-11(7-8-14)9-16-10-12-5-3-4-6-13(12)15/h3-6,11,16H,2,7-10H2,1H3. The molecule has 0 aromatic heterocycles. The second-order valence-electron chi connectivity index (χ2n) is 3.97. The van der Waals surface area contributed by atoms with Gasteiger partial charge in [0.25, 0.3) is 0 Å². The summed E-state index contributed by atoms with van der Waals surface area (Å²) in [6.07, 6.45) is 2.25. The molecule has 3 heteroatoms. The molecule has 1 N–H and O–H groups in total. The maximum atomic E-state index is 6.07. The molecule has 0 radical (unpaired) electrons. The van der Waals surface area contributed by atoms with E-state index in [1.165, 1.54) is 6.42 Å². The van der Waals surface area contributed by atoms with E-state index in [9.17, 15) is 0 Å². The van der Waals surface area contributed by atoms with Crippen LogP contribution < -0.4 is 5.32 Å². The Bertz CT molecular complexity index is 302. The maximum Gasteiger partial charge on any atom is 0.0450 e. The van der Waals surface area contributed by atoms with Crippen LogP contribution in [0, 0.1) is 5.92 Å². The van der Waals surface area contributed by atoms with Gasteiger partial charge in [-0.3, -0.25) is 0 Å². The molecule has 0 amide bonds. The number of hydrogen-bond donors (Lipinski definition) is 1. The molecule has 0 aliphatic heterocycles. The first kappa shape index (κ1) is 13.8. The van der Waals surface area contributed by atoms with E-state index in [1.54, 1.807) is 0 Å². The Hall–Kier alpha value is -0.240. The van der Waals surface area contributed by atoms with Crippen LogP contribution >= 0.6 is 23.2 Å². The quantitative estimate of drug-likeness (QED) is 0.728. The average molecular weight is 260 g/mol. The topological polar surface area (TPSA) is 12.0 Å². The van der Waals surface area contributed by atoms with Crippen LogP contribution in [0.5, 0.6) is 0 Å². The zero-order valence-electron chi connectivity index (χ0n) is 9.68. The summed E-state index contributed by atoms with van der Waals surface area (Å²) in [5.74, 6) is 1.41. The van der Waals surface area contributed by atoms with Gasteiger partial charge in [0.05, 0.1) is 0 Å². The molecule has 0 aliphatic rings. The Labute approximate surface area is 108 Å². The first-order chi connectivity index (χ1) is 7.77. The molecule has 1 nitrogen and oxygen atoms in total. The Kier molecular flexibility index (Phi) is 6.86. The highest BCUT2D eigenvalue weighted by molar-refractivity contribution is 6.31. The fourth-order valence-electron chi connectivity index (χ4n) is 1.66. The van der Waals surface area contributed by atoms with Gasteiger partial charge in [0.15, 0.2) is 0 Å². The molecule has 0 saturated heterocycles.